The molecule has 0 unspecified atom stereocenters. The number of hydrogen-bond donors (Lipinski definition) is 1. The maximum absolute atomic E-state index is 14.5. The van der Waals surface area contributed by atoms with Crippen molar-refractivity contribution in [1.29, 1.82) is 0 Å². The largest absolute Gasteiger partial charge is 0.486 e. The predicted molar refractivity (Wildman–Crippen MR) is 122 cm³/mol. The topological polar surface area (TPSA) is 71.9 Å². The predicted octanol–water partition coefficient (Wildman–Crippen LogP) is 3.97. The van der Waals surface area contributed by atoms with Gasteiger partial charge in [0.1, 0.15) is 6.61 Å². The Hall–Kier alpha value is -3.29. The maximum atomic E-state index is 14.5. The van der Waals surface area contributed by atoms with Crippen molar-refractivity contribution in [1.82, 2.24) is 9.88 Å². The van der Waals surface area contributed by atoms with Crippen molar-refractivity contribution in [3.63, 3.8) is 0 Å². The average Bonchev–Trinajstić information content (AvgIpc) is 2.85. The zero-order valence-corrected chi connectivity index (χ0v) is 18.5. The quantitative estimate of drug-likeness (QED) is 0.524. The number of benzene rings is 2. The Bertz CT molecular complexity index is 1080. The van der Waals surface area contributed by atoms with Gasteiger partial charge in [-0.1, -0.05) is 30.3 Å². The van der Waals surface area contributed by atoms with Crippen molar-refractivity contribution in [2.45, 2.75) is 25.0 Å². The lowest BCUT2D eigenvalue weighted by Crippen LogP contribution is -2.44. The van der Waals surface area contributed by atoms with E-state index in [2.05, 4.69) is 4.98 Å². The smallest absolute Gasteiger partial charge is 0.212 e. The molecule has 7 heteroatoms. The van der Waals surface area contributed by atoms with E-state index in [0.717, 1.165) is 11.1 Å². The number of nitrogens with zero attached hydrogens (tertiary/aromatic N) is 2. The van der Waals surface area contributed by atoms with E-state index in [0.29, 0.717) is 37.4 Å². The highest BCUT2D eigenvalue weighted by Gasteiger charge is 2.34. The van der Waals surface area contributed by atoms with E-state index in [4.69, 9.17) is 9.47 Å². The number of carbonyl (C=O) groups is 1. The lowest BCUT2D eigenvalue weighted by molar-refractivity contribution is -0.0248. The van der Waals surface area contributed by atoms with Gasteiger partial charge in [-0.2, -0.15) is 0 Å². The molecule has 0 amide bonds. The zero-order chi connectivity index (χ0) is 23.3. The van der Waals surface area contributed by atoms with Gasteiger partial charge in [-0.15, -0.1) is 0 Å². The number of likely N-dealkylation sites (tertiary alicyclic amines) is 1. The van der Waals surface area contributed by atoms with Crippen LogP contribution in [0.3, 0.4) is 0 Å². The summed E-state index contributed by atoms with van der Waals surface area (Å²) >= 11 is 0. The highest BCUT2D eigenvalue weighted by molar-refractivity contribution is 5.97. The molecule has 0 saturated carbocycles. The summed E-state index contributed by atoms with van der Waals surface area (Å²) in [6.07, 6.45) is 2.59. The normalized spacial score (nSPS) is 15.7. The summed E-state index contributed by atoms with van der Waals surface area (Å²) < 4.78 is 25.1. The Morgan fingerprint density at radius 2 is 1.88 bits per heavy atom. The molecule has 1 aliphatic rings. The van der Waals surface area contributed by atoms with Crippen molar-refractivity contribution >= 4 is 5.78 Å². The van der Waals surface area contributed by atoms with Crippen LogP contribution in [0.1, 0.15) is 34.3 Å². The van der Waals surface area contributed by atoms with Crippen LogP contribution in [-0.4, -0.2) is 47.5 Å². The van der Waals surface area contributed by atoms with E-state index in [1.54, 1.807) is 25.4 Å². The van der Waals surface area contributed by atoms with Gasteiger partial charge in [-0.3, -0.25) is 9.69 Å². The monoisotopic (exact) mass is 450 g/mol. The van der Waals surface area contributed by atoms with Crippen molar-refractivity contribution in [3.8, 4) is 11.6 Å². The van der Waals surface area contributed by atoms with E-state index in [-0.39, 0.29) is 24.7 Å². The molecular weight excluding hydrogens is 423 g/mol. The summed E-state index contributed by atoms with van der Waals surface area (Å²) in [5.74, 6) is -0.113. The molecule has 0 spiro atoms. The third kappa shape index (κ3) is 5.56. The first-order valence-corrected chi connectivity index (χ1v) is 10.9. The molecule has 33 heavy (non-hydrogen) atoms. The first-order chi connectivity index (χ1) is 16.0. The second-order valence-electron chi connectivity index (χ2n) is 8.24. The molecule has 1 aromatic heterocycles. The van der Waals surface area contributed by atoms with Gasteiger partial charge in [0.2, 0.25) is 5.88 Å². The lowest BCUT2D eigenvalue weighted by Gasteiger charge is -2.38. The standard InChI is InChI=1S/C26H27FN2O4/c1-32-25-10-8-21(16-28-25)26(31)11-13-29(14-12-26)17-23(30)20-7-9-24(22(27)15-20)33-18-19-5-3-2-4-6-19/h2-10,15-16,31H,11-14,17-18H2,1H3. The second-order valence-corrected chi connectivity index (χ2v) is 8.24. The average molecular weight is 451 g/mol. The minimum atomic E-state index is -0.983. The number of carbonyl (C=O) groups excluding carboxylic acids is 1. The fraction of sp³-hybridized carbons (Fsp3) is 0.308. The third-order valence-electron chi connectivity index (χ3n) is 6.02. The molecule has 1 fully saturated rings. The molecule has 0 aliphatic carbocycles. The van der Waals surface area contributed by atoms with Crippen LogP contribution in [0.15, 0.2) is 66.9 Å². The van der Waals surface area contributed by atoms with Crippen LogP contribution < -0.4 is 9.47 Å². The van der Waals surface area contributed by atoms with Gasteiger partial charge in [0, 0.05) is 36.5 Å². The highest BCUT2D eigenvalue weighted by Crippen LogP contribution is 2.33. The van der Waals surface area contributed by atoms with Gasteiger partial charge < -0.3 is 14.6 Å². The molecule has 1 saturated heterocycles. The van der Waals surface area contributed by atoms with Gasteiger partial charge in [0.15, 0.2) is 17.3 Å². The summed E-state index contributed by atoms with van der Waals surface area (Å²) in [4.78, 5) is 18.9. The van der Waals surface area contributed by atoms with Crippen LogP contribution >= 0.6 is 0 Å². The number of ether oxygens (including phenoxy) is 2. The van der Waals surface area contributed by atoms with Crippen LogP contribution in [0.4, 0.5) is 4.39 Å². The molecule has 172 valence electrons. The molecule has 1 N–H and O–H groups in total. The van der Waals surface area contributed by atoms with Crippen molar-refractivity contribution in [2.75, 3.05) is 26.7 Å². The highest BCUT2D eigenvalue weighted by atomic mass is 19.1. The molecule has 2 heterocycles. The number of ketones is 1. The van der Waals surface area contributed by atoms with Crippen LogP contribution in [0, 0.1) is 5.82 Å². The number of halogens is 1. The summed E-state index contributed by atoms with van der Waals surface area (Å²) in [5, 5.41) is 11.0. The first-order valence-electron chi connectivity index (χ1n) is 10.9. The molecular formula is C26H27FN2O4. The second kappa shape index (κ2) is 10.1. The molecule has 4 rings (SSSR count). The Labute approximate surface area is 192 Å². The van der Waals surface area contributed by atoms with Gasteiger partial charge >= 0.3 is 0 Å². The van der Waals surface area contributed by atoms with Crippen molar-refractivity contribution in [3.05, 3.63) is 89.4 Å². The zero-order valence-electron chi connectivity index (χ0n) is 18.5. The molecule has 3 aromatic rings. The minimum absolute atomic E-state index is 0.117. The van der Waals surface area contributed by atoms with Gasteiger partial charge in [-0.25, -0.2) is 9.37 Å². The SMILES string of the molecule is COc1ccc(C2(O)CCN(CC(=O)c3ccc(OCc4ccccc4)c(F)c3)CC2)cn1. The molecule has 0 atom stereocenters. The van der Waals surface area contributed by atoms with E-state index in [1.807, 2.05) is 41.3 Å². The summed E-state index contributed by atoms with van der Waals surface area (Å²) in [7, 11) is 1.55. The molecule has 0 bridgehead atoms. The number of Topliss-reactive ketones (excluding diaryl/α,β-unsaturated/α-hetero) is 1. The van der Waals surface area contributed by atoms with Gasteiger partial charge in [-0.05, 0) is 42.7 Å². The molecule has 2 aromatic carbocycles. The summed E-state index contributed by atoms with van der Waals surface area (Å²) in [6, 6.07) is 17.4. The van der Waals surface area contributed by atoms with Crippen LogP contribution in [0.2, 0.25) is 0 Å². The molecule has 0 radical (unpaired) electrons. The van der Waals surface area contributed by atoms with Crippen LogP contribution in [0.5, 0.6) is 11.6 Å². The Morgan fingerprint density at radius 1 is 1.12 bits per heavy atom. The first kappa shape index (κ1) is 22.9. The number of methoxy groups -OCH3 is 1. The van der Waals surface area contributed by atoms with E-state index >= 15 is 0 Å². The Morgan fingerprint density at radius 3 is 2.52 bits per heavy atom. The third-order valence-corrected chi connectivity index (χ3v) is 6.02. The maximum Gasteiger partial charge on any atom is 0.212 e. The van der Waals surface area contributed by atoms with E-state index in [1.165, 1.54) is 12.1 Å². The van der Waals surface area contributed by atoms with Crippen LogP contribution in [0.25, 0.3) is 0 Å². The number of aromatic nitrogens is 1. The molecule has 1 aliphatic heterocycles. The lowest BCUT2D eigenvalue weighted by atomic mass is 9.85. The van der Waals surface area contributed by atoms with Crippen LogP contribution in [-0.2, 0) is 12.2 Å². The summed E-state index contributed by atoms with van der Waals surface area (Å²) in [6.45, 7) is 1.52. The van der Waals surface area contributed by atoms with Crippen molar-refractivity contribution in [2.24, 2.45) is 0 Å². The number of rotatable bonds is 8. The Balaban J connectivity index is 1.31. The fourth-order valence-corrected chi connectivity index (χ4v) is 3.97. The minimum Gasteiger partial charge on any atom is -0.486 e. The van der Waals surface area contributed by atoms with E-state index in [9.17, 15) is 14.3 Å². The van der Waals surface area contributed by atoms with Gasteiger partial charge in [0.25, 0.3) is 0 Å². The number of pyridine rings is 1. The molecule has 6 nitrogen and oxygen atoms in total. The number of piperidine rings is 1. The van der Waals surface area contributed by atoms with E-state index < -0.39 is 11.4 Å². The van der Waals surface area contributed by atoms with Gasteiger partial charge in [0.05, 0.1) is 19.3 Å². The number of hydrogen-bond acceptors (Lipinski definition) is 6. The van der Waals surface area contributed by atoms with Crippen molar-refractivity contribution < 1.29 is 23.8 Å². The summed E-state index contributed by atoms with van der Waals surface area (Å²) in [5.41, 5.74) is 0.998. The fourth-order valence-electron chi connectivity index (χ4n) is 3.97. The Kier molecular flexibility index (Phi) is 7.01. The number of aliphatic hydroxyl groups is 1.